The van der Waals surface area contributed by atoms with Crippen LogP contribution in [0.15, 0.2) is 27.1 Å². The average Bonchev–Trinajstić information content (AvgIpc) is 3.15. The van der Waals surface area contributed by atoms with Crippen LogP contribution in [0.3, 0.4) is 0 Å². The third-order valence-corrected chi connectivity index (χ3v) is 4.03. The number of hydrogen-bond acceptors (Lipinski definition) is 4. The fraction of sp³-hybridized carbons (Fsp3) is 0.429. The van der Waals surface area contributed by atoms with Crippen LogP contribution in [-0.4, -0.2) is 22.8 Å². The highest BCUT2D eigenvalue weighted by molar-refractivity contribution is 9.10. The topological polar surface area (TPSA) is 51.0 Å². The van der Waals surface area contributed by atoms with Gasteiger partial charge in [-0.3, -0.25) is 0 Å². The summed E-state index contributed by atoms with van der Waals surface area (Å²) < 4.78 is 6.61. The number of rotatable bonds is 6. The van der Waals surface area contributed by atoms with E-state index in [2.05, 4.69) is 31.4 Å². The quantitative estimate of drug-likeness (QED) is 0.799. The summed E-state index contributed by atoms with van der Waals surface area (Å²) in [6.07, 6.45) is 4.42. The first-order chi connectivity index (χ1) is 9.72. The molecule has 1 saturated carbocycles. The zero-order valence-corrected chi connectivity index (χ0v) is 13.2. The molecule has 0 bridgehead atoms. The number of benzene rings is 1. The maximum atomic E-state index is 6.15. The first-order valence-electron chi connectivity index (χ1n) is 6.73. The predicted molar refractivity (Wildman–Crippen MR) is 81.8 cm³/mol. The lowest BCUT2D eigenvalue weighted by Crippen LogP contribution is -2.17. The zero-order valence-electron chi connectivity index (χ0n) is 10.9. The number of aromatic nitrogens is 2. The molecule has 0 unspecified atom stereocenters. The smallest absolute Gasteiger partial charge is 0.249 e. The van der Waals surface area contributed by atoms with Crippen molar-refractivity contribution in [3.05, 3.63) is 33.6 Å². The van der Waals surface area contributed by atoms with E-state index in [9.17, 15) is 0 Å². The number of hydrogen-bond donors (Lipinski definition) is 1. The fourth-order valence-corrected chi connectivity index (χ4v) is 2.52. The lowest BCUT2D eigenvalue weighted by atomic mass is 10.2. The van der Waals surface area contributed by atoms with Gasteiger partial charge in [-0.25, -0.2) is 0 Å². The lowest BCUT2D eigenvalue weighted by Gasteiger charge is -2.00. The Morgan fingerprint density at radius 1 is 1.35 bits per heavy atom. The van der Waals surface area contributed by atoms with Crippen LogP contribution in [0.5, 0.6) is 0 Å². The Hall–Kier alpha value is -0.910. The van der Waals surface area contributed by atoms with E-state index in [1.807, 2.05) is 18.2 Å². The molecule has 106 valence electrons. The second-order valence-corrected chi connectivity index (χ2v) is 6.28. The first kappa shape index (κ1) is 14.0. The summed E-state index contributed by atoms with van der Waals surface area (Å²) in [7, 11) is 0. The normalized spacial score (nSPS) is 14.7. The molecule has 1 heterocycles. The van der Waals surface area contributed by atoms with E-state index >= 15 is 0 Å². The number of nitrogens with one attached hydrogen (secondary N) is 1. The van der Waals surface area contributed by atoms with E-state index in [-0.39, 0.29) is 0 Å². The van der Waals surface area contributed by atoms with Crippen LogP contribution in [-0.2, 0) is 6.42 Å². The molecule has 1 aromatic carbocycles. The van der Waals surface area contributed by atoms with Gasteiger partial charge in [0.2, 0.25) is 11.8 Å². The van der Waals surface area contributed by atoms with Crippen LogP contribution < -0.4 is 5.32 Å². The summed E-state index contributed by atoms with van der Waals surface area (Å²) in [6, 6.07) is 6.32. The van der Waals surface area contributed by atoms with Gasteiger partial charge in [-0.2, -0.15) is 0 Å². The van der Waals surface area contributed by atoms with E-state index in [1.165, 1.54) is 12.8 Å². The Labute approximate surface area is 131 Å². The molecule has 3 rings (SSSR count). The summed E-state index contributed by atoms with van der Waals surface area (Å²) >= 11 is 9.56. The Morgan fingerprint density at radius 3 is 3.00 bits per heavy atom. The Morgan fingerprint density at radius 2 is 2.20 bits per heavy atom. The van der Waals surface area contributed by atoms with Crippen molar-refractivity contribution in [1.82, 2.24) is 15.5 Å². The third-order valence-electron chi connectivity index (χ3n) is 3.20. The molecule has 4 nitrogen and oxygen atoms in total. The molecule has 1 aromatic heterocycles. The van der Waals surface area contributed by atoms with Gasteiger partial charge >= 0.3 is 0 Å². The Kier molecular flexibility index (Phi) is 4.38. The van der Waals surface area contributed by atoms with Crippen LogP contribution >= 0.6 is 27.5 Å². The largest absolute Gasteiger partial charge is 0.421 e. The van der Waals surface area contributed by atoms with Crippen LogP contribution in [0.4, 0.5) is 0 Å². The first-order valence-corrected chi connectivity index (χ1v) is 7.90. The summed E-state index contributed by atoms with van der Waals surface area (Å²) in [4.78, 5) is 0. The second kappa shape index (κ2) is 6.24. The highest BCUT2D eigenvalue weighted by Gasteiger charge is 2.19. The maximum absolute atomic E-state index is 6.15. The maximum Gasteiger partial charge on any atom is 0.249 e. The molecule has 20 heavy (non-hydrogen) atoms. The number of aryl methyl sites for hydroxylation is 1. The van der Waals surface area contributed by atoms with Crippen molar-refractivity contribution >= 4 is 27.5 Å². The summed E-state index contributed by atoms with van der Waals surface area (Å²) in [5.74, 6) is 1.13. The number of nitrogens with zero attached hydrogens (tertiary/aromatic N) is 2. The molecule has 0 amide bonds. The van der Waals surface area contributed by atoms with Gasteiger partial charge in [0.1, 0.15) is 0 Å². The van der Waals surface area contributed by atoms with Gasteiger partial charge < -0.3 is 9.73 Å². The molecule has 0 aliphatic heterocycles. The average molecular weight is 357 g/mol. The molecule has 2 aromatic rings. The fourth-order valence-electron chi connectivity index (χ4n) is 1.96. The standard InChI is InChI=1S/C14H15BrClN3O/c15-9-3-6-12(16)11(8-9)14-19-18-13(20-14)2-1-7-17-10-4-5-10/h3,6,8,10,17H,1-2,4-5,7H2. The molecular formula is C14H15BrClN3O. The number of halogens is 2. The van der Waals surface area contributed by atoms with E-state index in [0.717, 1.165) is 35.5 Å². The minimum atomic E-state index is 0.474. The van der Waals surface area contributed by atoms with Gasteiger partial charge in [-0.05, 0) is 44.0 Å². The van der Waals surface area contributed by atoms with Gasteiger partial charge in [0, 0.05) is 16.9 Å². The van der Waals surface area contributed by atoms with Crippen molar-refractivity contribution < 1.29 is 4.42 Å². The molecule has 0 radical (unpaired) electrons. The predicted octanol–water partition coefficient (Wildman–Crippen LogP) is 3.84. The molecule has 0 atom stereocenters. The van der Waals surface area contributed by atoms with Crippen LogP contribution in [0.2, 0.25) is 5.02 Å². The zero-order chi connectivity index (χ0) is 13.9. The highest BCUT2D eigenvalue weighted by Crippen LogP contribution is 2.29. The molecule has 1 fully saturated rings. The van der Waals surface area contributed by atoms with Crippen LogP contribution in [0, 0.1) is 0 Å². The molecule has 1 aliphatic carbocycles. The molecular weight excluding hydrogens is 342 g/mol. The van der Waals surface area contributed by atoms with E-state index in [1.54, 1.807) is 0 Å². The summed E-state index contributed by atoms with van der Waals surface area (Å²) in [5, 5.41) is 12.2. The van der Waals surface area contributed by atoms with Gasteiger partial charge in [0.15, 0.2) is 0 Å². The summed E-state index contributed by atoms with van der Waals surface area (Å²) in [5.41, 5.74) is 0.760. The van der Waals surface area contributed by atoms with Crippen LogP contribution in [0.1, 0.15) is 25.2 Å². The van der Waals surface area contributed by atoms with Crippen LogP contribution in [0.25, 0.3) is 11.5 Å². The van der Waals surface area contributed by atoms with Crippen molar-refractivity contribution in [3.8, 4) is 11.5 Å². The highest BCUT2D eigenvalue weighted by atomic mass is 79.9. The van der Waals surface area contributed by atoms with Crippen molar-refractivity contribution in [1.29, 1.82) is 0 Å². The molecule has 1 aliphatic rings. The Balaban J connectivity index is 1.61. The minimum absolute atomic E-state index is 0.474. The van der Waals surface area contributed by atoms with Crippen molar-refractivity contribution in [2.45, 2.75) is 31.7 Å². The minimum Gasteiger partial charge on any atom is -0.421 e. The molecule has 1 N–H and O–H groups in total. The van der Waals surface area contributed by atoms with E-state index < -0.39 is 0 Å². The summed E-state index contributed by atoms with van der Waals surface area (Å²) in [6.45, 7) is 1.00. The van der Waals surface area contributed by atoms with Crippen molar-refractivity contribution in [2.75, 3.05) is 6.54 Å². The third kappa shape index (κ3) is 3.59. The van der Waals surface area contributed by atoms with Gasteiger partial charge in [-0.1, -0.05) is 27.5 Å². The molecule has 0 spiro atoms. The van der Waals surface area contributed by atoms with E-state index in [0.29, 0.717) is 16.8 Å². The Bertz CT molecular complexity index is 598. The molecule has 6 heteroatoms. The van der Waals surface area contributed by atoms with Gasteiger partial charge in [0.05, 0.1) is 10.6 Å². The van der Waals surface area contributed by atoms with Gasteiger partial charge in [-0.15, -0.1) is 10.2 Å². The monoisotopic (exact) mass is 355 g/mol. The van der Waals surface area contributed by atoms with Gasteiger partial charge in [0.25, 0.3) is 0 Å². The second-order valence-electron chi connectivity index (χ2n) is 4.96. The van der Waals surface area contributed by atoms with Crippen molar-refractivity contribution in [3.63, 3.8) is 0 Å². The lowest BCUT2D eigenvalue weighted by molar-refractivity contribution is 0.491. The van der Waals surface area contributed by atoms with Crippen molar-refractivity contribution in [2.24, 2.45) is 0 Å². The van der Waals surface area contributed by atoms with E-state index in [4.69, 9.17) is 16.0 Å². The SMILES string of the molecule is Clc1ccc(Br)cc1-c1nnc(CCCNC2CC2)o1. The molecule has 0 saturated heterocycles.